The zero-order chi connectivity index (χ0) is 11.5. The molecule has 0 aliphatic heterocycles. The minimum Gasteiger partial charge on any atom is -0.493 e. The first-order valence-electron chi connectivity index (χ1n) is 5.36. The molecule has 0 amide bonds. The van der Waals surface area contributed by atoms with E-state index < -0.39 is 6.10 Å². The second kappa shape index (κ2) is 4.67. The first-order chi connectivity index (χ1) is 6.96. The van der Waals surface area contributed by atoms with Crippen LogP contribution in [0, 0.1) is 5.41 Å². The lowest BCUT2D eigenvalue weighted by molar-refractivity contribution is 0.0599. The van der Waals surface area contributed by atoms with Gasteiger partial charge in [0, 0.05) is 5.56 Å². The van der Waals surface area contributed by atoms with Gasteiger partial charge in [-0.1, -0.05) is 39.0 Å². The topological polar surface area (TPSA) is 29.5 Å². The van der Waals surface area contributed by atoms with Crippen LogP contribution in [0.4, 0.5) is 0 Å². The Morgan fingerprint density at radius 1 is 1.27 bits per heavy atom. The molecule has 0 aromatic heterocycles. The van der Waals surface area contributed by atoms with Crippen molar-refractivity contribution in [2.75, 3.05) is 6.61 Å². The maximum absolute atomic E-state index is 10.2. The van der Waals surface area contributed by atoms with Crippen LogP contribution >= 0.6 is 0 Å². The van der Waals surface area contributed by atoms with Gasteiger partial charge in [-0.05, 0) is 18.4 Å². The number of ether oxygens (including phenoxy) is 1. The lowest BCUT2D eigenvalue weighted by atomic mass is 9.84. The average molecular weight is 208 g/mol. The molecular weight excluding hydrogens is 188 g/mol. The summed E-state index contributed by atoms with van der Waals surface area (Å²) in [6.45, 7) is 8.61. The largest absolute Gasteiger partial charge is 0.493 e. The Labute approximate surface area is 91.9 Å². The molecule has 0 bridgehead atoms. The van der Waals surface area contributed by atoms with E-state index in [9.17, 15) is 5.11 Å². The van der Waals surface area contributed by atoms with E-state index in [0.717, 1.165) is 11.3 Å². The molecular formula is C13H20O2. The predicted octanol–water partition coefficient (Wildman–Crippen LogP) is 3.16. The molecule has 1 aromatic rings. The maximum atomic E-state index is 10.2. The van der Waals surface area contributed by atoms with E-state index in [1.54, 1.807) is 0 Å². The van der Waals surface area contributed by atoms with Crippen LogP contribution in [0.2, 0.25) is 0 Å². The van der Waals surface area contributed by atoms with Crippen molar-refractivity contribution in [3.05, 3.63) is 29.8 Å². The number of benzene rings is 1. The van der Waals surface area contributed by atoms with Gasteiger partial charge < -0.3 is 9.84 Å². The van der Waals surface area contributed by atoms with E-state index in [-0.39, 0.29) is 5.41 Å². The van der Waals surface area contributed by atoms with Gasteiger partial charge in [0.2, 0.25) is 0 Å². The van der Waals surface area contributed by atoms with Crippen molar-refractivity contribution >= 4 is 0 Å². The molecule has 0 heterocycles. The van der Waals surface area contributed by atoms with Gasteiger partial charge in [0.05, 0.1) is 12.7 Å². The summed E-state index contributed by atoms with van der Waals surface area (Å²) in [5.41, 5.74) is 0.694. The molecule has 1 unspecified atom stereocenters. The molecule has 84 valence electrons. The molecule has 1 N–H and O–H groups in total. The van der Waals surface area contributed by atoms with Crippen molar-refractivity contribution in [2.45, 2.75) is 33.8 Å². The van der Waals surface area contributed by atoms with Gasteiger partial charge in [0.25, 0.3) is 0 Å². The molecule has 0 saturated heterocycles. The molecule has 2 heteroatoms. The summed E-state index contributed by atoms with van der Waals surface area (Å²) in [4.78, 5) is 0. The van der Waals surface area contributed by atoms with E-state index in [1.165, 1.54) is 0 Å². The zero-order valence-electron chi connectivity index (χ0n) is 9.95. The Bertz CT molecular complexity index is 313. The van der Waals surface area contributed by atoms with Gasteiger partial charge in [-0.25, -0.2) is 0 Å². The summed E-state index contributed by atoms with van der Waals surface area (Å²) in [6.07, 6.45) is -0.500. The van der Waals surface area contributed by atoms with Crippen molar-refractivity contribution < 1.29 is 9.84 Å². The monoisotopic (exact) mass is 208 g/mol. The fraction of sp³-hybridized carbons (Fsp3) is 0.538. The van der Waals surface area contributed by atoms with Gasteiger partial charge in [0.15, 0.2) is 0 Å². The van der Waals surface area contributed by atoms with Crippen LogP contribution in [0.15, 0.2) is 24.3 Å². The highest BCUT2D eigenvalue weighted by Gasteiger charge is 2.26. The maximum Gasteiger partial charge on any atom is 0.125 e. The van der Waals surface area contributed by atoms with Crippen molar-refractivity contribution in [1.29, 1.82) is 0 Å². The van der Waals surface area contributed by atoms with Crippen LogP contribution in [0.3, 0.4) is 0 Å². The highest BCUT2D eigenvalue weighted by Crippen LogP contribution is 2.36. The van der Waals surface area contributed by atoms with Crippen LogP contribution in [0.5, 0.6) is 5.75 Å². The Kier molecular flexibility index (Phi) is 3.75. The van der Waals surface area contributed by atoms with Crippen LogP contribution in [0.25, 0.3) is 0 Å². The van der Waals surface area contributed by atoms with Crippen molar-refractivity contribution in [1.82, 2.24) is 0 Å². The van der Waals surface area contributed by atoms with E-state index in [0.29, 0.717) is 6.61 Å². The van der Waals surface area contributed by atoms with Gasteiger partial charge >= 0.3 is 0 Å². The average Bonchev–Trinajstić information content (AvgIpc) is 2.17. The fourth-order valence-corrected chi connectivity index (χ4v) is 1.46. The molecule has 1 aromatic carbocycles. The van der Waals surface area contributed by atoms with Crippen molar-refractivity contribution in [2.24, 2.45) is 5.41 Å². The molecule has 15 heavy (non-hydrogen) atoms. The molecule has 0 saturated carbocycles. The number of rotatable bonds is 3. The highest BCUT2D eigenvalue weighted by atomic mass is 16.5. The summed E-state index contributed by atoms with van der Waals surface area (Å²) < 4.78 is 5.49. The first kappa shape index (κ1) is 12.1. The Hall–Kier alpha value is -1.02. The normalized spacial score (nSPS) is 13.7. The summed E-state index contributed by atoms with van der Waals surface area (Å²) in [7, 11) is 0. The molecule has 0 spiro atoms. The quantitative estimate of drug-likeness (QED) is 0.826. The molecule has 0 aliphatic carbocycles. The summed E-state index contributed by atoms with van der Waals surface area (Å²) in [5.74, 6) is 0.780. The third-order valence-corrected chi connectivity index (χ3v) is 2.33. The molecule has 0 aliphatic rings. The lowest BCUT2D eigenvalue weighted by Crippen LogP contribution is -2.18. The van der Waals surface area contributed by atoms with Crippen LogP contribution in [0.1, 0.15) is 39.4 Å². The number of aliphatic hydroxyl groups excluding tert-OH is 1. The molecule has 1 rings (SSSR count). The predicted molar refractivity (Wildman–Crippen MR) is 62.0 cm³/mol. The van der Waals surface area contributed by atoms with Crippen LogP contribution in [-0.4, -0.2) is 11.7 Å². The van der Waals surface area contributed by atoms with Gasteiger partial charge in [0.1, 0.15) is 5.75 Å². The molecule has 2 nitrogen and oxygen atoms in total. The van der Waals surface area contributed by atoms with Gasteiger partial charge in [-0.15, -0.1) is 0 Å². The molecule has 0 fully saturated rings. The van der Waals surface area contributed by atoms with E-state index >= 15 is 0 Å². The lowest BCUT2D eigenvalue weighted by Gasteiger charge is -2.27. The highest BCUT2D eigenvalue weighted by molar-refractivity contribution is 5.35. The van der Waals surface area contributed by atoms with Crippen molar-refractivity contribution in [3.8, 4) is 5.75 Å². The number of aliphatic hydroxyl groups is 1. The molecule has 1 atom stereocenters. The Balaban J connectivity index is 3.02. The minimum absolute atomic E-state index is 0.173. The first-order valence-corrected chi connectivity index (χ1v) is 5.36. The second-order valence-corrected chi connectivity index (χ2v) is 4.74. The van der Waals surface area contributed by atoms with E-state index in [4.69, 9.17) is 4.74 Å². The number of hydrogen-bond acceptors (Lipinski definition) is 2. The smallest absolute Gasteiger partial charge is 0.125 e. The summed E-state index contributed by atoms with van der Waals surface area (Å²) in [5, 5.41) is 10.2. The third-order valence-electron chi connectivity index (χ3n) is 2.33. The standard InChI is InChI=1S/C13H20O2/c1-5-15-11-9-7-6-8-10(11)12(14)13(2,3)4/h6-9,12,14H,5H2,1-4H3. The third kappa shape index (κ3) is 2.96. The summed E-state index contributed by atoms with van der Waals surface area (Å²) >= 11 is 0. The van der Waals surface area contributed by atoms with E-state index in [2.05, 4.69) is 0 Å². The number of para-hydroxylation sites is 1. The Morgan fingerprint density at radius 2 is 1.87 bits per heavy atom. The van der Waals surface area contributed by atoms with Crippen LogP contribution in [-0.2, 0) is 0 Å². The van der Waals surface area contributed by atoms with Crippen molar-refractivity contribution in [3.63, 3.8) is 0 Å². The fourth-order valence-electron chi connectivity index (χ4n) is 1.46. The number of hydrogen-bond donors (Lipinski definition) is 1. The molecule has 0 radical (unpaired) electrons. The van der Waals surface area contributed by atoms with Gasteiger partial charge in [-0.2, -0.15) is 0 Å². The summed E-state index contributed by atoms with van der Waals surface area (Å²) in [6, 6.07) is 7.66. The second-order valence-electron chi connectivity index (χ2n) is 4.74. The zero-order valence-corrected chi connectivity index (χ0v) is 9.95. The minimum atomic E-state index is -0.500. The SMILES string of the molecule is CCOc1ccccc1C(O)C(C)(C)C. The van der Waals surface area contributed by atoms with Gasteiger partial charge in [-0.3, -0.25) is 0 Å². The Morgan fingerprint density at radius 3 is 2.40 bits per heavy atom. The van der Waals surface area contributed by atoms with Crippen LogP contribution < -0.4 is 4.74 Å². The van der Waals surface area contributed by atoms with E-state index in [1.807, 2.05) is 52.0 Å².